The number of hydrogen-bond donors (Lipinski definition) is 2. The summed E-state index contributed by atoms with van der Waals surface area (Å²) in [4.78, 5) is 0. The highest BCUT2D eigenvalue weighted by molar-refractivity contribution is 4.87. The molecule has 0 aliphatic heterocycles. The van der Waals surface area contributed by atoms with Crippen LogP contribution in [0.5, 0.6) is 0 Å². The first kappa shape index (κ1) is 11.4. The van der Waals surface area contributed by atoms with E-state index in [4.69, 9.17) is 0 Å². The Morgan fingerprint density at radius 1 is 1.20 bits per heavy atom. The fourth-order valence-corrected chi connectivity index (χ4v) is 3.11. The van der Waals surface area contributed by atoms with E-state index in [0.29, 0.717) is 6.04 Å². The van der Waals surface area contributed by atoms with Crippen LogP contribution in [-0.2, 0) is 0 Å². The highest BCUT2D eigenvalue weighted by Gasteiger charge is 2.30. The molecular formula is C13H25NO. The van der Waals surface area contributed by atoms with Crippen molar-refractivity contribution in [2.75, 3.05) is 6.54 Å². The van der Waals surface area contributed by atoms with Crippen molar-refractivity contribution in [2.45, 2.75) is 69.9 Å². The zero-order chi connectivity index (χ0) is 10.7. The normalized spacial score (nSPS) is 35.6. The zero-order valence-electron chi connectivity index (χ0n) is 9.97. The third kappa shape index (κ3) is 3.18. The highest BCUT2D eigenvalue weighted by Crippen LogP contribution is 2.29. The number of nitrogens with one attached hydrogen (secondary N) is 1. The molecule has 88 valence electrons. The molecule has 0 saturated heterocycles. The molecule has 2 atom stereocenters. The lowest BCUT2D eigenvalue weighted by molar-refractivity contribution is 0.00272. The van der Waals surface area contributed by atoms with E-state index in [2.05, 4.69) is 12.2 Å². The summed E-state index contributed by atoms with van der Waals surface area (Å²) in [7, 11) is 0. The van der Waals surface area contributed by atoms with Gasteiger partial charge in [-0.25, -0.2) is 0 Å². The van der Waals surface area contributed by atoms with Gasteiger partial charge in [-0.3, -0.25) is 0 Å². The third-order valence-corrected chi connectivity index (χ3v) is 4.20. The Hall–Kier alpha value is -0.0800. The summed E-state index contributed by atoms with van der Waals surface area (Å²) in [5.74, 6) is 0.878. The number of aliphatic hydroxyl groups is 1. The Morgan fingerprint density at radius 3 is 2.53 bits per heavy atom. The summed E-state index contributed by atoms with van der Waals surface area (Å²) in [5.41, 5.74) is -0.385. The van der Waals surface area contributed by atoms with Gasteiger partial charge in [0.05, 0.1) is 5.60 Å². The fraction of sp³-hybridized carbons (Fsp3) is 1.00. The quantitative estimate of drug-likeness (QED) is 0.751. The van der Waals surface area contributed by atoms with Crippen molar-refractivity contribution in [3.05, 3.63) is 0 Å². The number of rotatable bonds is 3. The van der Waals surface area contributed by atoms with Gasteiger partial charge in [-0.15, -0.1) is 0 Å². The van der Waals surface area contributed by atoms with Crippen molar-refractivity contribution in [3.63, 3.8) is 0 Å². The molecule has 2 aliphatic rings. The van der Waals surface area contributed by atoms with E-state index in [1.54, 1.807) is 0 Å². The molecule has 2 heteroatoms. The number of hydrogen-bond acceptors (Lipinski definition) is 2. The second-order valence-corrected chi connectivity index (χ2v) is 5.78. The summed E-state index contributed by atoms with van der Waals surface area (Å²) in [6.07, 6.45) is 9.69. The van der Waals surface area contributed by atoms with Crippen LogP contribution in [0.1, 0.15) is 58.3 Å². The van der Waals surface area contributed by atoms with Gasteiger partial charge in [0.15, 0.2) is 0 Å². The van der Waals surface area contributed by atoms with Crippen LogP contribution in [0.2, 0.25) is 0 Å². The molecule has 0 spiro atoms. The van der Waals surface area contributed by atoms with Crippen LogP contribution >= 0.6 is 0 Å². The van der Waals surface area contributed by atoms with Gasteiger partial charge >= 0.3 is 0 Å². The third-order valence-electron chi connectivity index (χ3n) is 4.20. The predicted octanol–water partition coefficient (Wildman–Crippen LogP) is 2.46. The maximum absolute atomic E-state index is 10.3. The van der Waals surface area contributed by atoms with E-state index in [0.717, 1.165) is 25.3 Å². The second-order valence-electron chi connectivity index (χ2n) is 5.78. The summed E-state index contributed by atoms with van der Waals surface area (Å²) >= 11 is 0. The molecule has 0 aromatic rings. The first-order chi connectivity index (χ1) is 7.18. The fourth-order valence-electron chi connectivity index (χ4n) is 3.11. The minimum atomic E-state index is -0.385. The second kappa shape index (κ2) is 4.84. The lowest BCUT2D eigenvalue weighted by Gasteiger charge is -2.33. The van der Waals surface area contributed by atoms with Crippen LogP contribution in [0.3, 0.4) is 0 Å². The van der Waals surface area contributed by atoms with Gasteiger partial charge in [-0.2, -0.15) is 0 Å². The minimum Gasteiger partial charge on any atom is -0.389 e. The minimum absolute atomic E-state index is 0.385. The molecule has 2 saturated carbocycles. The van der Waals surface area contributed by atoms with E-state index >= 15 is 0 Å². The van der Waals surface area contributed by atoms with Gasteiger partial charge in [-0.05, 0) is 38.0 Å². The van der Waals surface area contributed by atoms with Crippen LogP contribution < -0.4 is 5.32 Å². The van der Waals surface area contributed by atoms with Crippen molar-refractivity contribution in [3.8, 4) is 0 Å². The molecule has 2 aliphatic carbocycles. The van der Waals surface area contributed by atoms with Crippen LogP contribution in [0.15, 0.2) is 0 Å². The molecule has 0 radical (unpaired) electrons. The molecule has 0 aromatic heterocycles. The standard InChI is InChI=1S/C13H25NO/c1-11-5-6-12(9-11)14-10-13(15)7-3-2-4-8-13/h11-12,14-15H,2-10H2,1H3/t11-,12+/m1/s1. The Kier molecular flexibility index (Phi) is 3.68. The maximum atomic E-state index is 10.3. The largest absolute Gasteiger partial charge is 0.389 e. The summed E-state index contributed by atoms with van der Waals surface area (Å²) in [6.45, 7) is 3.15. The molecule has 0 unspecified atom stereocenters. The average molecular weight is 211 g/mol. The smallest absolute Gasteiger partial charge is 0.0771 e. The highest BCUT2D eigenvalue weighted by atomic mass is 16.3. The van der Waals surface area contributed by atoms with E-state index in [1.165, 1.54) is 38.5 Å². The van der Waals surface area contributed by atoms with Crippen molar-refractivity contribution >= 4 is 0 Å². The van der Waals surface area contributed by atoms with Crippen molar-refractivity contribution in [1.82, 2.24) is 5.32 Å². The molecule has 0 heterocycles. The van der Waals surface area contributed by atoms with E-state index in [1.807, 2.05) is 0 Å². The van der Waals surface area contributed by atoms with Gasteiger partial charge in [0.2, 0.25) is 0 Å². The first-order valence-corrected chi connectivity index (χ1v) is 6.64. The molecule has 0 bridgehead atoms. The van der Waals surface area contributed by atoms with Crippen LogP contribution in [0, 0.1) is 5.92 Å². The van der Waals surface area contributed by atoms with Gasteiger partial charge in [0.25, 0.3) is 0 Å². The van der Waals surface area contributed by atoms with E-state index < -0.39 is 0 Å². The Labute approximate surface area is 93.5 Å². The monoisotopic (exact) mass is 211 g/mol. The molecule has 0 aromatic carbocycles. The average Bonchev–Trinajstić information content (AvgIpc) is 2.63. The lowest BCUT2D eigenvalue weighted by atomic mass is 9.84. The van der Waals surface area contributed by atoms with Gasteiger partial charge < -0.3 is 10.4 Å². The van der Waals surface area contributed by atoms with Crippen LogP contribution in [0.4, 0.5) is 0 Å². The summed E-state index contributed by atoms with van der Waals surface area (Å²) in [5, 5.41) is 13.9. The predicted molar refractivity (Wildman–Crippen MR) is 62.8 cm³/mol. The topological polar surface area (TPSA) is 32.3 Å². The van der Waals surface area contributed by atoms with Crippen LogP contribution in [0.25, 0.3) is 0 Å². The molecule has 2 fully saturated rings. The Morgan fingerprint density at radius 2 is 1.93 bits per heavy atom. The van der Waals surface area contributed by atoms with E-state index in [9.17, 15) is 5.11 Å². The molecule has 2 N–H and O–H groups in total. The Bertz CT molecular complexity index is 199. The van der Waals surface area contributed by atoms with Gasteiger partial charge in [0.1, 0.15) is 0 Å². The van der Waals surface area contributed by atoms with Gasteiger partial charge in [-0.1, -0.05) is 26.2 Å². The molecule has 15 heavy (non-hydrogen) atoms. The van der Waals surface area contributed by atoms with Crippen molar-refractivity contribution < 1.29 is 5.11 Å². The van der Waals surface area contributed by atoms with E-state index in [-0.39, 0.29) is 5.60 Å². The van der Waals surface area contributed by atoms with Crippen LogP contribution in [-0.4, -0.2) is 23.3 Å². The molecule has 2 rings (SSSR count). The first-order valence-electron chi connectivity index (χ1n) is 6.64. The Balaban J connectivity index is 1.72. The van der Waals surface area contributed by atoms with Crippen molar-refractivity contribution in [2.24, 2.45) is 5.92 Å². The van der Waals surface area contributed by atoms with Gasteiger partial charge in [0, 0.05) is 12.6 Å². The molecule has 2 nitrogen and oxygen atoms in total. The maximum Gasteiger partial charge on any atom is 0.0771 e. The SMILES string of the molecule is C[C@@H]1CC[C@H](NCC2(O)CCCCC2)C1. The summed E-state index contributed by atoms with van der Waals surface area (Å²) in [6, 6.07) is 0.672. The summed E-state index contributed by atoms with van der Waals surface area (Å²) < 4.78 is 0. The lowest BCUT2D eigenvalue weighted by Crippen LogP contribution is -2.45. The van der Waals surface area contributed by atoms with Crippen molar-refractivity contribution in [1.29, 1.82) is 0 Å². The zero-order valence-corrected chi connectivity index (χ0v) is 9.97. The molecule has 0 amide bonds. The molecular weight excluding hydrogens is 186 g/mol.